The molecule has 3 heteroatoms. The zero-order valence-electron chi connectivity index (χ0n) is 13.4. The Bertz CT molecular complexity index is 329. The first-order valence-corrected chi connectivity index (χ1v) is 8.49. The Balaban J connectivity index is 1.76. The van der Waals surface area contributed by atoms with Crippen LogP contribution < -0.4 is 11.1 Å². The molecular formula is C17H32N2O. The summed E-state index contributed by atoms with van der Waals surface area (Å²) < 4.78 is 0. The topological polar surface area (TPSA) is 55.1 Å². The molecular weight excluding hydrogens is 248 g/mol. The van der Waals surface area contributed by atoms with Gasteiger partial charge < -0.3 is 11.1 Å². The second-order valence-electron chi connectivity index (χ2n) is 7.63. The third-order valence-corrected chi connectivity index (χ3v) is 5.44. The predicted octanol–water partition coefficient (Wildman–Crippen LogP) is 2.94. The number of nitrogens with one attached hydrogen (secondary N) is 1. The number of hydrogen-bond acceptors (Lipinski definition) is 2. The average molecular weight is 280 g/mol. The molecule has 2 bridgehead atoms. The van der Waals surface area contributed by atoms with Crippen molar-refractivity contribution in [1.29, 1.82) is 0 Å². The van der Waals surface area contributed by atoms with Crippen LogP contribution in [0.3, 0.4) is 0 Å². The molecule has 0 aliphatic heterocycles. The van der Waals surface area contributed by atoms with Gasteiger partial charge >= 0.3 is 0 Å². The summed E-state index contributed by atoms with van der Waals surface area (Å²) in [5.74, 6) is 3.69. The van der Waals surface area contributed by atoms with Gasteiger partial charge in [-0.1, -0.05) is 20.3 Å². The first kappa shape index (κ1) is 15.8. The molecule has 2 aliphatic rings. The maximum Gasteiger partial charge on any atom is 0.220 e. The van der Waals surface area contributed by atoms with E-state index in [0.29, 0.717) is 30.8 Å². The Morgan fingerprint density at radius 3 is 2.50 bits per heavy atom. The van der Waals surface area contributed by atoms with Gasteiger partial charge in [-0.25, -0.2) is 0 Å². The van der Waals surface area contributed by atoms with Crippen LogP contribution in [-0.2, 0) is 4.79 Å². The number of rotatable bonds is 7. The summed E-state index contributed by atoms with van der Waals surface area (Å²) in [6, 6.07) is 0.343. The summed E-state index contributed by atoms with van der Waals surface area (Å²) in [6.07, 6.45) is 7.19. The highest BCUT2D eigenvalue weighted by Crippen LogP contribution is 2.49. The molecule has 5 unspecified atom stereocenters. The van der Waals surface area contributed by atoms with Crippen LogP contribution in [0.1, 0.15) is 59.3 Å². The van der Waals surface area contributed by atoms with Crippen molar-refractivity contribution in [2.45, 2.75) is 65.3 Å². The lowest BCUT2D eigenvalue weighted by molar-refractivity contribution is -0.123. The van der Waals surface area contributed by atoms with Crippen molar-refractivity contribution < 1.29 is 4.79 Å². The van der Waals surface area contributed by atoms with Gasteiger partial charge in [-0.05, 0) is 68.7 Å². The van der Waals surface area contributed by atoms with E-state index >= 15 is 0 Å². The molecule has 0 aromatic heterocycles. The molecule has 0 heterocycles. The summed E-state index contributed by atoms with van der Waals surface area (Å²) in [7, 11) is 0. The number of carbonyl (C=O) groups excluding carboxylic acids is 1. The summed E-state index contributed by atoms with van der Waals surface area (Å²) in [4.78, 5) is 12.2. The van der Waals surface area contributed by atoms with Gasteiger partial charge in [0.2, 0.25) is 5.91 Å². The molecule has 0 radical (unpaired) electrons. The lowest BCUT2D eigenvalue weighted by atomic mass is 9.84. The lowest BCUT2D eigenvalue weighted by Gasteiger charge is -2.29. The van der Waals surface area contributed by atoms with Crippen molar-refractivity contribution in [3.05, 3.63) is 0 Å². The number of hydrogen-bond donors (Lipinski definition) is 2. The molecule has 2 aliphatic carbocycles. The zero-order chi connectivity index (χ0) is 14.7. The fraction of sp³-hybridized carbons (Fsp3) is 0.941. The molecule has 2 fully saturated rings. The number of nitrogens with two attached hydrogens (primary N) is 1. The van der Waals surface area contributed by atoms with E-state index in [-0.39, 0.29) is 5.91 Å². The molecule has 0 aromatic carbocycles. The summed E-state index contributed by atoms with van der Waals surface area (Å²) >= 11 is 0. The SMILES string of the molecule is CC(C)CC(CN)CC(=O)NC(C)C1CC2CCC1C2. The van der Waals surface area contributed by atoms with Gasteiger partial charge in [0.15, 0.2) is 0 Å². The Morgan fingerprint density at radius 1 is 1.25 bits per heavy atom. The molecule has 0 aromatic rings. The summed E-state index contributed by atoms with van der Waals surface area (Å²) in [5.41, 5.74) is 5.79. The highest BCUT2D eigenvalue weighted by atomic mass is 16.1. The maximum absolute atomic E-state index is 12.2. The van der Waals surface area contributed by atoms with Gasteiger partial charge in [-0.2, -0.15) is 0 Å². The van der Waals surface area contributed by atoms with Crippen LogP contribution in [-0.4, -0.2) is 18.5 Å². The zero-order valence-corrected chi connectivity index (χ0v) is 13.4. The van der Waals surface area contributed by atoms with Crippen molar-refractivity contribution in [3.63, 3.8) is 0 Å². The van der Waals surface area contributed by atoms with E-state index < -0.39 is 0 Å². The fourth-order valence-electron chi connectivity index (χ4n) is 4.52. The highest BCUT2D eigenvalue weighted by molar-refractivity contribution is 5.76. The standard InChI is InChI=1S/C17H32N2O/c1-11(2)6-14(10-18)9-17(20)19-12(3)16-8-13-4-5-15(16)7-13/h11-16H,4-10,18H2,1-3H3,(H,19,20). The molecule has 3 nitrogen and oxygen atoms in total. The van der Waals surface area contributed by atoms with E-state index in [2.05, 4.69) is 26.1 Å². The lowest BCUT2D eigenvalue weighted by Crippen LogP contribution is -2.41. The van der Waals surface area contributed by atoms with Crippen LogP contribution >= 0.6 is 0 Å². The van der Waals surface area contributed by atoms with Gasteiger partial charge in [0.1, 0.15) is 0 Å². The van der Waals surface area contributed by atoms with E-state index in [9.17, 15) is 4.79 Å². The minimum atomic E-state index is 0.205. The third-order valence-electron chi connectivity index (χ3n) is 5.44. The van der Waals surface area contributed by atoms with E-state index in [4.69, 9.17) is 5.73 Å². The Morgan fingerprint density at radius 2 is 2.00 bits per heavy atom. The van der Waals surface area contributed by atoms with Crippen LogP contribution in [0, 0.1) is 29.6 Å². The molecule has 20 heavy (non-hydrogen) atoms. The first-order chi connectivity index (χ1) is 9.49. The minimum absolute atomic E-state index is 0.205. The second-order valence-corrected chi connectivity index (χ2v) is 7.63. The third kappa shape index (κ3) is 3.97. The molecule has 3 N–H and O–H groups in total. The molecule has 0 spiro atoms. The van der Waals surface area contributed by atoms with E-state index in [0.717, 1.165) is 24.2 Å². The maximum atomic E-state index is 12.2. The van der Waals surface area contributed by atoms with Gasteiger partial charge in [-0.3, -0.25) is 4.79 Å². The molecule has 0 saturated heterocycles. The van der Waals surface area contributed by atoms with Gasteiger partial charge in [0.25, 0.3) is 0 Å². The van der Waals surface area contributed by atoms with E-state index in [1.165, 1.54) is 25.7 Å². The van der Waals surface area contributed by atoms with Crippen molar-refractivity contribution in [2.24, 2.45) is 35.3 Å². The normalized spacial score (nSPS) is 31.6. The summed E-state index contributed by atoms with van der Waals surface area (Å²) in [5, 5.41) is 3.25. The minimum Gasteiger partial charge on any atom is -0.353 e. The highest BCUT2D eigenvalue weighted by Gasteiger charge is 2.42. The Hall–Kier alpha value is -0.570. The Labute approximate surface area is 124 Å². The van der Waals surface area contributed by atoms with E-state index in [1.54, 1.807) is 0 Å². The Kier molecular flexibility index (Phi) is 5.48. The quantitative estimate of drug-likeness (QED) is 0.753. The molecule has 1 amide bonds. The number of fused-ring (bicyclic) bond motifs is 2. The van der Waals surface area contributed by atoms with Gasteiger partial charge in [0.05, 0.1) is 0 Å². The smallest absolute Gasteiger partial charge is 0.220 e. The van der Waals surface area contributed by atoms with Gasteiger partial charge in [-0.15, -0.1) is 0 Å². The monoisotopic (exact) mass is 280 g/mol. The van der Waals surface area contributed by atoms with Crippen molar-refractivity contribution in [1.82, 2.24) is 5.32 Å². The number of carbonyl (C=O) groups is 1. The average Bonchev–Trinajstić information content (AvgIpc) is 2.99. The summed E-state index contributed by atoms with van der Waals surface area (Å²) in [6.45, 7) is 7.20. The predicted molar refractivity (Wildman–Crippen MR) is 83.2 cm³/mol. The molecule has 5 atom stereocenters. The van der Waals surface area contributed by atoms with Crippen LogP contribution in [0.5, 0.6) is 0 Å². The van der Waals surface area contributed by atoms with Gasteiger partial charge in [0, 0.05) is 12.5 Å². The van der Waals surface area contributed by atoms with Crippen LogP contribution in [0.25, 0.3) is 0 Å². The molecule has 2 rings (SSSR count). The molecule has 2 saturated carbocycles. The largest absolute Gasteiger partial charge is 0.353 e. The fourth-order valence-corrected chi connectivity index (χ4v) is 4.52. The van der Waals surface area contributed by atoms with Crippen LogP contribution in [0.4, 0.5) is 0 Å². The van der Waals surface area contributed by atoms with Crippen molar-refractivity contribution >= 4 is 5.91 Å². The number of amides is 1. The second kappa shape index (κ2) is 6.93. The van der Waals surface area contributed by atoms with Crippen LogP contribution in [0.2, 0.25) is 0 Å². The van der Waals surface area contributed by atoms with Crippen LogP contribution in [0.15, 0.2) is 0 Å². The van der Waals surface area contributed by atoms with Crippen molar-refractivity contribution in [3.8, 4) is 0 Å². The van der Waals surface area contributed by atoms with E-state index in [1.807, 2.05) is 0 Å². The van der Waals surface area contributed by atoms with Crippen molar-refractivity contribution in [2.75, 3.05) is 6.54 Å². The first-order valence-electron chi connectivity index (χ1n) is 8.49. The molecule has 116 valence electrons.